The Kier molecular flexibility index (Phi) is 6.32. The number of nitrogens with one attached hydrogen (secondary N) is 1. The van der Waals surface area contributed by atoms with Crippen molar-refractivity contribution in [1.82, 2.24) is 10.3 Å². The van der Waals surface area contributed by atoms with E-state index in [9.17, 15) is 14.7 Å². The minimum atomic E-state index is -0.344. The molecule has 0 bridgehead atoms. The first-order chi connectivity index (χ1) is 13.5. The van der Waals surface area contributed by atoms with E-state index in [1.807, 2.05) is 0 Å². The van der Waals surface area contributed by atoms with Crippen molar-refractivity contribution in [3.63, 3.8) is 0 Å². The summed E-state index contributed by atoms with van der Waals surface area (Å²) in [6, 6.07) is 4.86. The number of carbonyl (C=O) groups is 2. The van der Waals surface area contributed by atoms with Gasteiger partial charge in [-0.1, -0.05) is 6.07 Å². The number of thiazole rings is 1. The van der Waals surface area contributed by atoms with Crippen molar-refractivity contribution < 1.29 is 24.2 Å². The third-order valence-electron chi connectivity index (χ3n) is 3.52. The molecular weight excluding hydrogens is 402 g/mol. The maximum atomic E-state index is 12.2. The molecule has 1 aliphatic rings. The number of aromatic nitrogens is 1. The van der Waals surface area contributed by atoms with Crippen molar-refractivity contribution in [3.05, 3.63) is 39.7 Å². The zero-order valence-electron chi connectivity index (χ0n) is 15.1. The fraction of sp³-hybridized carbons (Fsp3) is 0.222. The van der Waals surface area contributed by atoms with Crippen LogP contribution in [0.5, 0.6) is 11.5 Å². The molecule has 0 radical (unpaired) electrons. The standard InChI is InChI=1S/C18H17N3O5S2/c1-3-26-15(23)8-11-9-27-17(19-11)21-18-20-16(24)14(28-18)7-10-4-5-13(25-2)12(22)6-10/h4-7,9,22H,3,8H2,1-2H3,(H,19,20,21,24)/b14-7-. The highest BCUT2D eigenvalue weighted by atomic mass is 32.2. The molecule has 1 amide bonds. The molecular formula is C18H17N3O5S2. The Bertz CT molecular complexity index is 968. The highest BCUT2D eigenvalue weighted by Crippen LogP contribution is 2.32. The van der Waals surface area contributed by atoms with Crippen molar-refractivity contribution in [1.29, 1.82) is 0 Å². The van der Waals surface area contributed by atoms with Gasteiger partial charge in [0.25, 0.3) is 5.91 Å². The Hall–Kier alpha value is -2.85. The number of phenols is 1. The normalized spacial score (nSPS) is 16.4. The minimum Gasteiger partial charge on any atom is -0.504 e. The van der Waals surface area contributed by atoms with E-state index in [0.29, 0.717) is 38.8 Å². The van der Waals surface area contributed by atoms with Crippen molar-refractivity contribution >= 4 is 51.4 Å². The first-order valence-corrected chi connectivity index (χ1v) is 9.94. The van der Waals surface area contributed by atoms with E-state index in [-0.39, 0.29) is 24.0 Å². The quantitative estimate of drug-likeness (QED) is 0.547. The van der Waals surface area contributed by atoms with E-state index in [0.717, 1.165) is 0 Å². The van der Waals surface area contributed by atoms with Gasteiger partial charge in [-0.2, -0.15) is 4.99 Å². The minimum absolute atomic E-state index is 0.00828. The topological polar surface area (TPSA) is 110 Å². The highest BCUT2D eigenvalue weighted by molar-refractivity contribution is 8.18. The molecule has 2 N–H and O–H groups in total. The molecule has 2 aromatic rings. The molecule has 146 valence electrons. The molecule has 0 spiro atoms. The number of methoxy groups -OCH3 is 1. The van der Waals surface area contributed by atoms with Crippen LogP contribution >= 0.6 is 23.1 Å². The number of amides is 1. The van der Waals surface area contributed by atoms with Crippen LogP contribution in [-0.2, 0) is 20.7 Å². The monoisotopic (exact) mass is 419 g/mol. The van der Waals surface area contributed by atoms with Crippen LogP contribution in [0.25, 0.3) is 6.08 Å². The van der Waals surface area contributed by atoms with Gasteiger partial charge in [-0.25, -0.2) is 4.98 Å². The third-order valence-corrected chi connectivity index (χ3v) is 5.21. The van der Waals surface area contributed by atoms with Gasteiger partial charge in [0.1, 0.15) is 0 Å². The smallest absolute Gasteiger partial charge is 0.311 e. The molecule has 1 aromatic heterocycles. The molecule has 1 saturated heterocycles. The first-order valence-electron chi connectivity index (χ1n) is 8.25. The molecule has 0 unspecified atom stereocenters. The van der Waals surface area contributed by atoms with Gasteiger partial charge in [-0.05, 0) is 42.5 Å². The number of ether oxygens (including phenoxy) is 2. The number of aliphatic imine (C=N–C) groups is 1. The van der Waals surface area contributed by atoms with Crippen LogP contribution in [0.2, 0.25) is 0 Å². The number of thioether (sulfide) groups is 1. The second-order valence-corrected chi connectivity index (χ2v) is 7.38. The van der Waals surface area contributed by atoms with Crippen LogP contribution in [-0.4, -0.2) is 40.9 Å². The number of benzene rings is 1. The number of hydrogen-bond acceptors (Lipinski definition) is 9. The molecule has 10 heteroatoms. The summed E-state index contributed by atoms with van der Waals surface area (Å²) in [5.74, 6) is -0.285. The maximum absolute atomic E-state index is 12.2. The Morgan fingerprint density at radius 1 is 1.43 bits per heavy atom. The summed E-state index contributed by atoms with van der Waals surface area (Å²) in [6.07, 6.45) is 1.73. The molecule has 2 heterocycles. The van der Waals surface area contributed by atoms with E-state index in [4.69, 9.17) is 9.47 Å². The second-order valence-electron chi connectivity index (χ2n) is 5.52. The van der Waals surface area contributed by atoms with Gasteiger partial charge in [0.15, 0.2) is 16.7 Å². The average molecular weight is 419 g/mol. The molecule has 1 aliphatic heterocycles. The number of aromatic hydroxyl groups is 1. The number of hydrogen-bond donors (Lipinski definition) is 2. The van der Waals surface area contributed by atoms with Crippen molar-refractivity contribution in [3.8, 4) is 11.5 Å². The molecule has 8 nitrogen and oxygen atoms in total. The van der Waals surface area contributed by atoms with Crippen LogP contribution in [0.4, 0.5) is 5.13 Å². The van der Waals surface area contributed by atoms with Crippen LogP contribution in [0.1, 0.15) is 18.2 Å². The summed E-state index contributed by atoms with van der Waals surface area (Å²) in [6.45, 7) is 2.07. The number of nitrogens with zero attached hydrogens (tertiary/aromatic N) is 2. The highest BCUT2D eigenvalue weighted by Gasteiger charge is 2.24. The zero-order valence-corrected chi connectivity index (χ0v) is 16.7. The Balaban J connectivity index is 1.71. The van der Waals surface area contributed by atoms with Gasteiger partial charge < -0.3 is 19.9 Å². The summed E-state index contributed by atoms with van der Waals surface area (Å²) in [5.41, 5.74) is 1.23. The van der Waals surface area contributed by atoms with E-state index >= 15 is 0 Å². The van der Waals surface area contributed by atoms with Gasteiger partial charge in [-0.15, -0.1) is 11.3 Å². The Morgan fingerprint density at radius 2 is 2.25 bits per heavy atom. The van der Waals surface area contributed by atoms with Crippen molar-refractivity contribution in [2.45, 2.75) is 13.3 Å². The maximum Gasteiger partial charge on any atom is 0.311 e. The molecule has 3 rings (SSSR count). The van der Waals surface area contributed by atoms with Gasteiger partial charge >= 0.3 is 5.97 Å². The summed E-state index contributed by atoms with van der Waals surface area (Å²) >= 11 is 2.44. The first kappa shape index (κ1) is 19.9. The van der Waals surface area contributed by atoms with Crippen molar-refractivity contribution in [2.24, 2.45) is 4.99 Å². The van der Waals surface area contributed by atoms with E-state index in [2.05, 4.69) is 15.3 Å². The predicted octanol–water partition coefficient (Wildman–Crippen LogP) is 2.85. The van der Waals surface area contributed by atoms with Crippen LogP contribution < -0.4 is 10.1 Å². The number of rotatable bonds is 6. The Morgan fingerprint density at radius 3 is 2.96 bits per heavy atom. The predicted molar refractivity (Wildman–Crippen MR) is 108 cm³/mol. The summed E-state index contributed by atoms with van der Waals surface area (Å²) < 4.78 is 9.90. The SMILES string of the molecule is CCOC(=O)Cc1csc(/N=C2\NC(=O)/C(=C/c3ccc(OC)c(O)c3)S2)n1. The van der Waals surface area contributed by atoms with Crippen LogP contribution in [0.15, 0.2) is 33.5 Å². The number of esters is 1. The lowest BCUT2D eigenvalue weighted by Crippen LogP contribution is -2.19. The van der Waals surface area contributed by atoms with Gasteiger partial charge in [0.2, 0.25) is 5.13 Å². The number of carbonyl (C=O) groups excluding carboxylic acids is 2. The van der Waals surface area contributed by atoms with Gasteiger partial charge in [0.05, 0.1) is 30.7 Å². The van der Waals surface area contributed by atoms with Crippen LogP contribution in [0, 0.1) is 0 Å². The average Bonchev–Trinajstić information content (AvgIpc) is 3.22. The number of phenolic OH excluding ortho intramolecular Hbond substituents is 1. The Labute approximate surface area is 169 Å². The molecule has 0 atom stereocenters. The molecule has 0 saturated carbocycles. The summed E-state index contributed by atoms with van der Waals surface area (Å²) in [4.78, 5) is 32.7. The summed E-state index contributed by atoms with van der Waals surface area (Å²) in [5, 5.41) is 15.1. The largest absolute Gasteiger partial charge is 0.504 e. The molecule has 1 aromatic carbocycles. The molecule has 28 heavy (non-hydrogen) atoms. The van der Waals surface area contributed by atoms with E-state index < -0.39 is 0 Å². The van der Waals surface area contributed by atoms with Gasteiger partial charge in [0, 0.05) is 5.38 Å². The van der Waals surface area contributed by atoms with Crippen molar-refractivity contribution in [2.75, 3.05) is 13.7 Å². The number of amidine groups is 1. The molecule has 0 aliphatic carbocycles. The second kappa shape index (κ2) is 8.89. The van der Waals surface area contributed by atoms with E-state index in [1.54, 1.807) is 30.5 Å². The summed E-state index contributed by atoms with van der Waals surface area (Å²) in [7, 11) is 1.47. The van der Waals surface area contributed by atoms with Gasteiger partial charge in [-0.3, -0.25) is 9.59 Å². The van der Waals surface area contributed by atoms with E-state index in [1.165, 1.54) is 36.3 Å². The zero-order chi connectivity index (χ0) is 20.1. The lowest BCUT2D eigenvalue weighted by Gasteiger charge is -2.03. The lowest BCUT2D eigenvalue weighted by molar-refractivity contribution is -0.142. The molecule has 1 fully saturated rings. The van der Waals surface area contributed by atoms with Crippen LogP contribution in [0.3, 0.4) is 0 Å². The lowest BCUT2D eigenvalue weighted by atomic mass is 10.2. The third kappa shape index (κ3) is 4.90. The fourth-order valence-corrected chi connectivity index (χ4v) is 3.88. The fourth-order valence-electron chi connectivity index (χ4n) is 2.30.